The van der Waals surface area contributed by atoms with E-state index in [1.165, 1.54) is 22.3 Å². The van der Waals surface area contributed by atoms with Gasteiger partial charge in [0.2, 0.25) is 0 Å². The highest BCUT2D eigenvalue weighted by Gasteiger charge is 2.47. The van der Waals surface area contributed by atoms with Gasteiger partial charge in [0.05, 0.1) is 37.6 Å². The van der Waals surface area contributed by atoms with Gasteiger partial charge in [-0.05, 0) is 85.4 Å². The molecular formula is C43H52O5. The molecule has 1 aliphatic rings. The molecule has 1 fully saturated rings. The minimum Gasteiger partial charge on any atom is -0.388 e. The van der Waals surface area contributed by atoms with Gasteiger partial charge in [0.15, 0.2) is 0 Å². The maximum absolute atomic E-state index is 11.4. The Balaban J connectivity index is 1.31. The number of rotatable bonds is 17. The third-order valence-electron chi connectivity index (χ3n) is 9.11. The maximum atomic E-state index is 11.4. The van der Waals surface area contributed by atoms with Gasteiger partial charge in [0.25, 0.3) is 0 Å². The number of unbranched alkanes of at least 4 members (excludes halogenated alkanes) is 1. The zero-order valence-corrected chi connectivity index (χ0v) is 28.9. The van der Waals surface area contributed by atoms with Crippen LogP contribution >= 0.6 is 0 Å². The average molecular weight is 649 g/mol. The molecule has 3 unspecified atom stereocenters. The van der Waals surface area contributed by atoms with Crippen molar-refractivity contribution in [2.24, 2.45) is 0 Å². The van der Waals surface area contributed by atoms with Crippen LogP contribution in [-0.2, 0) is 45.0 Å². The van der Waals surface area contributed by atoms with Gasteiger partial charge < -0.3 is 24.1 Å². The van der Waals surface area contributed by atoms with Crippen molar-refractivity contribution in [1.29, 1.82) is 0 Å². The molecule has 4 aromatic rings. The summed E-state index contributed by atoms with van der Waals surface area (Å²) < 4.78 is 25.5. The predicted octanol–water partition coefficient (Wildman–Crippen LogP) is 8.88. The van der Waals surface area contributed by atoms with Crippen LogP contribution in [0.2, 0.25) is 0 Å². The Labute approximate surface area is 287 Å². The molecule has 4 aromatic carbocycles. The van der Waals surface area contributed by atoms with Crippen LogP contribution in [0, 0.1) is 6.92 Å². The third-order valence-corrected chi connectivity index (χ3v) is 9.11. The van der Waals surface area contributed by atoms with E-state index in [0.29, 0.717) is 26.2 Å². The summed E-state index contributed by atoms with van der Waals surface area (Å²) in [7, 11) is 0. The van der Waals surface area contributed by atoms with E-state index in [-0.39, 0.29) is 12.2 Å². The lowest BCUT2D eigenvalue weighted by atomic mass is 9.85. The standard InChI is InChI=1S/C43H52O5/c1-5-25-45-26-13-12-14-33-20-22-34(23-21-33)27-38-28-37(24-19-32(38)2)39-29-40(46-30-35-15-8-6-9-16-35)41(42(48-39)43(3,4)44)47-31-36-17-10-7-11-18-36/h5-11,15-24,28,39-42,44H,1,12-14,25-27,29-31H2,2-4H3/t39?,40?,41-,42?/m0/s1. The fourth-order valence-corrected chi connectivity index (χ4v) is 6.36. The second kappa shape index (κ2) is 17.7. The fraction of sp³-hybridized carbons (Fsp3) is 0.395. The van der Waals surface area contributed by atoms with Crippen molar-refractivity contribution < 1.29 is 24.1 Å². The van der Waals surface area contributed by atoms with E-state index < -0.39 is 17.8 Å². The van der Waals surface area contributed by atoms with E-state index in [0.717, 1.165) is 49.0 Å². The maximum Gasteiger partial charge on any atom is 0.115 e. The quantitative estimate of drug-likeness (QED) is 0.0916. The Kier molecular flexibility index (Phi) is 13.2. The molecule has 0 saturated carbocycles. The molecule has 1 aliphatic heterocycles. The van der Waals surface area contributed by atoms with Crippen LogP contribution in [0.4, 0.5) is 0 Å². The van der Waals surface area contributed by atoms with Gasteiger partial charge in [0, 0.05) is 13.0 Å². The van der Waals surface area contributed by atoms with Gasteiger partial charge in [-0.2, -0.15) is 0 Å². The van der Waals surface area contributed by atoms with Crippen molar-refractivity contribution in [3.05, 3.63) is 155 Å². The molecule has 5 nitrogen and oxygen atoms in total. The van der Waals surface area contributed by atoms with Gasteiger partial charge in [-0.15, -0.1) is 6.58 Å². The molecule has 5 rings (SSSR count). The molecule has 0 radical (unpaired) electrons. The zero-order valence-electron chi connectivity index (χ0n) is 28.9. The summed E-state index contributed by atoms with van der Waals surface area (Å²) in [5, 5.41) is 11.4. The van der Waals surface area contributed by atoms with Gasteiger partial charge in [-0.3, -0.25) is 0 Å². The molecule has 0 bridgehead atoms. The lowest BCUT2D eigenvalue weighted by molar-refractivity contribution is -0.249. The number of aryl methyl sites for hydroxylation is 2. The lowest BCUT2D eigenvalue weighted by Crippen LogP contribution is -2.57. The normalized spacial score (nSPS) is 19.7. The zero-order chi connectivity index (χ0) is 33.8. The summed E-state index contributed by atoms with van der Waals surface area (Å²) in [6, 6.07) is 36.0. The first kappa shape index (κ1) is 35.7. The summed E-state index contributed by atoms with van der Waals surface area (Å²) in [6.45, 7) is 11.7. The Morgan fingerprint density at radius 3 is 2.10 bits per heavy atom. The van der Waals surface area contributed by atoms with Gasteiger partial charge in [-0.25, -0.2) is 0 Å². The monoisotopic (exact) mass is 648 g/mol. The van der Waals surface area contributed by atoms with Crippen LogP contribution in [0.1, 0.15) is 78.2 Å². The Bertz CT molecular complexity index is 1530. The van der Waals surface area contributed by atoms with Crippen molar-refractivity contribution in [3.63, 3.8) is 0 Å². The van der Waals surface area contributed by atoms with Gasteiger partial charge >= 0.3 is 0 Å². The van der Waals surface area contributed by atoms with Crippen LogP contribution in [0.15, 0.2) is 116 Å². The number of ether oxygens (including phenoxy) is 4. The molecule has 48 heavy (non-hydrogen) atoms. The first-order chi connectivity index (χ1) is 23.3. The Morgan fingerprint density at radius 2 is 1.46 bits per heavy atom. The van der Waals surface area contributed by atoms with E-state index in [9.17, 15) is 5.11 Å². The second-order valence-electron chi connectivity index (χ2n) is 13.5. The molecule has 0 amide bonds. The summed E-state index contributed by atoms with van der Waals surface area (Å²) in [6.07, 6.45) is 4.89. The van der Waals surface area contributed by atoms with E-state index in [4.69, 9.17) is 18.9 Å². The minimum atomic E-state index is -1.15. The number of hydrogen-bond acceptors (Lipinski definition) is 5. The molecule has 1 N–H and O–H groups in total. The molecule has 1 heterocycles. The van der Waals surface area contributed by atoms with Crippen LogP contribution in [0.25, 0.3) is 0 Å². The molecule has 0 aromatic heterocycles. The van der Waals surface area contributed by atoms with Crippen LogP contribution in [0.5, 0.6) is 0 Å². The Morgan fingerprint density at radius 1 is 0.812 bits per heavy atom. The smallest absolute Gasteiger partial charge is 0.115 e. The summed E-state index contributed by atoms with van der Waals surface area (Å²) in [5.74, 6) is 0. The van der Waals surface area contributed by atoms with E-state index >= 15 is 0 Å². The fourth-order valence-electron chi connectivity index (χ4n) is 6.36. The van der Waals surface area contributed by atoms with Crippen molar-refractivity contribution in [2.75, 3.05) is 13.2 Å². The lowest BCUT2D eigenvalue weighted by Gasteiger charge is -2.46. The molecular weight excluding hydrogens is 596 g/mol. The molecule has 1 saturated heterocycles. The number of benzene rings is 4. The highest BCUT2D eigenvalue weighted by Crippen LogP contribution is 2.39. The van der Waals surface area contributed by atoms with E-state index in [1.54, 1.807) is 19.9 Å². The van der Waals surface area contributed by atoms with Crippen molar-refractivity contribution in [1.82, 2.24) is 0 Å². The van der Waals surface area contributed by atoms with Gasteiger partial charge in [-0.1, -0.05) is 109 Å². The van der Waals surface area contributed by atoms with Crippen LogP contribution in [-0.4, -0.2) is 42.2 Å². The first-order valence-corrected chi connectivity index (χ1v) is 17.3. The van der Waals surface area contributed by atoms with E-state index in [2.05, 4.69) is 80.2 Å². The summed E-state index contributed by atoms with van der Waals surface area (Å²) in [5.41, 5.74) is 7.27. The molecule has 4 atom stereocenters. The van der Waals surface area contributed by atoms with Crippen molar-refractivity contribution >= 4 is 0 Å². The van der Waals surface area contributed by atoms with Crippen molar-refractivity contribution in [2.45, 2.75) is 96.1 Å². The second-order valence-corrected chi connectivity index (χ2v) is 13.5. The molecule has 254 valence electrons. The van der Waals surface area contributed by atoms with Gasteiger partial charge in [0.1, 0.15) is 12.2 Å². The predicted molar refractivity (Wildman–Crippen MR) is 193 cm³/mol. The number of hydrogen-bond donors (Lipinski definition) is 1. The SMILES string of the molecule is C=CCOCCCCc1ccc(Cc2cc(C3CC(OCc4ccccc4)[C@H](OCc4ccccc4)C(C(C)(C)O)O3)ccc2C)cc1. The highest BCUT2D eigenvalue weighted by molar-refractivity contribution is 5.37. The third kappa shape index (κ3) is 10.5. The van der Waals surface area contributed by atoms with Crippen LogP contribution in [0.3, 0.4) is 0 Å². The number of aliphatic hydroxyl groups is 1. The Hall–Kier alpha value is -3.58. The van der Waals surface area contributed by atoms with E-state index in [1.807, 2.05) is 36.4 Å². The first-order valence-electron chi connectivity index (χ1n) is 17.3. The molecule has 0 aliphatic carbocycles. The topological polar surface area (TPSA) is 57.2 Å². The highest BCUT2D eigenvalue weighted by atomic mass is 16.6. The molecule has 0 spiro atoms. The molecule has 5 heteroatoms. The largest absolute Gasteiger partial charge is 0.388 e. The summed E-state index contributed by atoms with van der Waals surface area (Å²) in [4.78, 5) is 0. The van der Waals surface area contributed by atoms with Crippen molar-refractivity contribution in [3.8, 4) is 0 Å². The van der Waals surface area contributed by atoms with Crippen LogP contribution < -0.4 is 0 Å². The minimum absolute atomic E-state index is 0.254. The average Bonchev–Trinajstić information content (AvgIpc) is 3.10. The summed E-state index contributed by atoms with van der Waals surface area (Å²) >= 11 is 0.